The number of amides is 1. The number of aromatic nitrogens is 2. The van der Waals surface area contributed by atoms with Gasteiger partial charge in [0.2, 0.25) is 5.91 Å². The molecule has 4 nitrogen and oxygen atoms in total. The first-order valence-corrected chi connectivity index (χ1v) is 8.46. The molecule has 1 heterocycles. The first kappa shape index (κ1) is 16.5. The largest absolute Gasteiger partial charge is 0.352 e. The lowest BCUT2D eigenvalue weighted by atomic mass is 10.1. The molecule has 0 saturated heterocycles. The molecule has 0 atom stereocenters. The van der Waals surface area contributed by atoms with Crippen LogP contribution in [0.5, 0.6) is 0 Å². The molecule has 0 aliphatic rings. The Morgan fingerprint density at radius 2 is 1.71 bits per heavy atom. The van der Waals surface area contributed by atoms with Gasteiger partial charge in [-0.3, -0.25) is 9.48 Å². The number of aryl methyl sites for hydroxylation is 1. The number of hydrogen-bond acceptors (Lipinski definition) is 2. The molecule has 0 aliphatic heterocycles. The highest BCUT2D eigenvalue weighted by atomic mass is 79.9. The van der Waals surface area contributed by atoms with Crippen LogP contribution in [0.1, 0.15) is 12.5 Å². The summed E-state index contributed by atoms with van der Waals surface area (Å²) in [7, 11) is 1.95. The molecule has 3 rings (SSSR count). The Balaban J connectivity index is 1.84. The van der Waals surface area contributed by atoms with E-state index in [2.05, 4.69) is 44.5 Å². The van der Waals surface area contributed by atoms with Crippen molar-refractivity contribution >= 4 is 21.8 Å². The minimum Gasteiger partial charge on any atom is -0.352 e. The number of nitrogens with one attached hydrogen (secondary N) is 1. The smallest absolute Gasteiger partial charge is 0.217 e. The fraction of sp³-hybridized carbons (Fsp3) is 0.158. The van der Waals surface area contributed by atoms with E-state index < -0.39 is 0 Å². The third-order valence-electron chi connectivity index (χ3n) is 3.81. The number of nitrogens with zero attached hydrogens (tertiary/aromatic N) is 2. The Bertz CT molecular complexity index is 851. The molecule has 0 spiro atoms. The van der Waals surface area contributed by atoms with Crippen molar-refractivity contribution in [3.63, 3.8) is 0 Å². The fourth-order valence-corrected chi connectivity index (χ4v) is 2.78. The first-order chi connectivity index (χ1) is 11.5. The van der Waals surface area contributed by atoms with Crippen LogP contribution >= 0.6 is 15.9 Å². The quantitative estimate of drug-likeness (QED) is 0.735. The SMILES string of the molecule is CC(=O)NCc1ccc(-c2cc(-c3ccc(Br)cc3)n(C)n2)cc1. The topological polar surface area (TPSA) is 46.9 Å². The van der Waals surface area contributed by atoms with Gasteiger partial charge in [0.05, 0.1) is 11.4 Å². The normalized spacial score (nSPS) is 10.6. The molecular formula is C19H18BrN3O. The molecule has 3 aromatic rings. The third-order valence-corrected chi connectivity index (χ3v) is 4.34. The van der Waals surface area contributed by atoms with Crippen LogP contribution in [-0.4, -0.2) is 15.7 Å². The predicted octanol–water partition coefficient (Wildman–Crippen LogP) is 4.15. The van der Waals surface area contributed by atoms with E-state index in [9.17, 15) is 4.79 Å². The monoisotopic (exact) mass is 383 g/mol. The minimum atomic E-state index is -0.0251. The summed E-state index contributed by atoms with van der Waals surface area (Å²) in [5, 5.41) is 7.42. The molecular weight excluding hydrogens is 366 g/mol. The Labute approximate surface area is 149 Å². The van der Waals surface area contributed by atoms with Gasteiger partial charge >= 0.3 is 0 Å². The van der Waals surface area contributed by atoms with Gasteiger partial charge in [0.15, 0.2) is 0 Å². The maximum absolute atomic E-state index is 11.0. The maximum atomic E-state index is 11.0. The molecule has 5 heteroatoms. The second kappa shape index (κ2) is 7.01. The Kier molecular flexibility index (Phi) is 4.81. The first-order valence-electron chi connectivity index (χ1n) is 7.66. The minimum absolute atomic E-state index is 0.0251. The van der Waals surface area contributed by atoms with Gasteiger partial charge in [-0.05, 0) is 29.3 Å². The lowest BCUT2D eigenvalue weighted by Crippen LogP contribution is -2.18. The lowest BCUT2D eigenvalue weighted by Gasteiger charge is -2.03. The van der Waals surface area contributed by atoms with Gasteiger partial charge in [-0.2, -0.15) is 5.10 Å². The summed E-state index contributed by atoms with van der Waals surface area (Å²) in [6, 6.07) is 18.4. The Hall–Kier alpha value is -2.40. The third kappa shape index (κ3) is 3.74. The molecule has 0 bridgehead atoms. The second-order valence-electron chi connectivity index (χ2n) is 5.65. The van der Waals surface area contributed by atoms with Crippen molar-refractivity contribution in [2.45, 2.75) is 13.5 Å². The van der Waals surface area contributed by atoms with Crippen LogP contribution < -0.4 is 5.32 Å². The van der Waals surface area contributed by atoms with Crippen LogP contribution in [0.4, 0.5) is 0 Å². The van der Waals surface area contributed by atoms with Crippen LogP contribution in [0, 0.1) is 0 Å². The van der Waals surface area contributed by atoms with Crippen LogP contribution in [0.3, 0.4) is 0 Å². The molecule has 2 aromatic carbocycles. The number of benzene rings is 2. The van der Waals surface area contributed by atoms with Crippen LogP contribution in [0.15, 0.2) is 59.1 Å². The van der Waals surface area contributed by atoms with Gasteiger partial charge in [-0.15, -0.1) is 0 Å². The summed E-state index contributed by atoms with van der Waals surface area (Å²) in [4.78, 5) is 11.0. The maximum Gasteiger partial charge on any atom is 0.217 e. The molecule has 1 aromatic heterocycles. The number of hydrogen-bond donors (Lipinski definition) is 1. The average Bonchev–Trinajstić information content (AvgIpc) is 2.96. The van der Waals surface area contributed by atoms with E-state index in [-0.39, 0.29) is 5.91 Å². The predicted molar refractivity (Wildman–Crippen MR) is 99.3 cm³/mol. The van der Waals surface area contributed by atoms with Gasteiger partial charge in [0.1, 0.15) is 0 Å². The van der Waals surface area contributed by atoms with Gasteiger partial charge < -0.3 is 5.32 Å². The van der Waals surface area contributed by atoms with E-state index in [1.54, 1.807) is 0 Å². The zero-order chi connectivity index (χ0) is 17.1. The molecule has 0 aliphatic carbocycles. The molecule has 0 saturated carbocycles. The zero-order valence-electron chi connectivity index (χ0n) is 13.6. The van der Waals surface area contributed by atoms with Crippen LogP contribution in [0.25, 0.3) is 22.5 Å². The van der Waals surface area contributed by atoms with E-state index >= 15 is 0 Å². The van der Waals surface area contributed by atoms with Gasteiger partial charge in [-0.25, -0.2) is 0 Å². The van der Waals surface area contributed by atoms with Crippen molar-refractivity contribution in [3.05, 3.63) is 64.6 Å². The van der Waals surface area contributed by atoms with Crippen molar-refractivity contribution < 1.29 is 4.79 Å². The number of halogens is 1. The van der Waals surface area contributed by atoms with Crippen molar-refractivity contribution in [2.75, 3.05) is 0 Å². The summed E-state index contributed by atoms with van der Waals surface area (Å²) in [6.07, 6.45) is 0. The van der Waals surface area contributed by atoms with Crippen molar-refractivity contribution in [1.29, 1.82) is 0 Å². The molecule has 0 radical (unpaired) electrons. The summed E-state index contributed by atoms with van der Waals surface area (Å²) in [5.41, 5.74) is 5.25. The second-order valence-corrected chi connectivity index (χ2v) is 6.57. The van der Waals surface area contributed by atoms with Gasteiger partial charge in [-0.1, -0.05) is 52.3 Å². The van der Waals surface area contributed by atoms with Crippen LogP contribution in [0.2, 0.25) is 0 Å². The van der Waals surface area contributed by atoms with E-state index in [0.29, 0.717) is 6.54 Å². The van der Waals surface area contributed by atoms with Crippen molar-refractivity contribution in [2.24, 2.45) is 7.05 Å². The molecule has 0 fully saturated rings. The summed E-state index contributed by atoms with van der Waals surface area (Å²) < 4.78 is 2.95. The van der Waals surface area contributed by atoms with Gasteiger partial charge in [0, 0.05) is 30.6 Å². The van der Waals surface area contributed by atoms with E-state index in [1.165, 1.54) is 6.92 Å². The molecule has 1 N–H and O–H groups in total. The summed E-state index contributed by atoms with van der Waals surface area (Å²) in [5.74, 6) is -0.0251. The van der Waals surface area contributed by atoms with Crippen LogP contribution in [-0.2, 0) is 18.4 Å². The highest BCUT2D eigenvalue weighted by Crippen LogP contribution is 2.26. The number of carbonyl (C=O) groups is 1. The molecule has 1 amide bonds. The average molecular weight is 384 g/mol. The number of carbonyl (C=O) groups excluding carboxylic acids is 1. The molecule has 122 valence electrons. The summed E-state index contributed by atoms with van der Waals surface area (Å²) >= 11 is 3.46. The van der Waals surface area contributed by atoms with E-state index in [1.807, 2.05) is 48.1 Å². The Morgan fingerprint density at radius 1 is 1.08 bits per heavy atom. The number of rotatable bonds is 4. The molecule has 24 heavy (non-hydrogen) atoms. The fourth-order valence-electron chi connectivity index (χ4n) is 2.52. The van der Waals surface area contributed by atoms with Crippen molar-refractivity contribution in [1.82, 2.24) is 15.1 Å². The highest BCUT2D eigenvalue weighted by molar-refractivity contribution is 9.10. The molecule has 0 unspecified atom stereocenters. The van der Waals surface area contributed by atoms with Gasteiger partial charge in [0.25, 0.3) is 0 Å². The van der Waals surface area contributed by atoms with E-state index in [0.717, 1.165) is 32.6 Å². The highest BCUT2D eigenvalue weighted by Gasteiger charge is 2.09. The Morgan fingerprint density at radius 3 is 2.33 bits per heavy atom. The lowest BCUT2D eigenvalue weighted by molar-refractivity contribution is -0.119. The standard InChI is InChI=1S/C19H18BrN3O/c1-13(24)21-12-14-3-5-15(6-4-14)18-11-19(23(2)22-18)16-7-9-17(20)10-8-16/h3-11H,12H2,1-2H3,(H,21,24). The summed E-state index contributed by atoms with van der Waals surface area (Å²) in [6.45, 7) is 2.06. The van der Waals surface area contributed by atoms with Crippen molar-refractivity contribution in [3.8, 4) is 22.5 Å². The zero-order valence-corrected chi connectivity index (χ0v) is 15.2. The van der Waals surface area contributed by atoms with E-state index in [4.69, 9.17) is 0 Å².